The molecule has 0 aliphatic carbocycles. The second kappa shape index (κ2) is 5.15. The third-order valence-electron chi connectivity index (χ3n) is 3.35. The molecule has 3 aromatic heterocycles. The van der Waals surface area contributed by atoms with Crippen molar-refractivity contribution in [3.8, 4) is 21.7 Å². The SMILES string of the molecule is O=c1c(-c2ccc(F)cc2)c(-c2cccs2)nc2sccn12. The van der Waals surface area contributed by atoms with Crippen LogP contribution < -0.4 is 5.56 Å². The summed E-state index contributed by atoms with van der Waals surface area (Å²) in [5.41, 5.74) is 1.68. The minimum absolute atomic E-state index is 0.138. The van der Waals surface area contributed by atoms with Crippen LogP contribution in [0.15, 0.2) is 58.1 Å². The molecule has 0 fully saturated rings. The summed E-state index contributed by atoms with van der Waals surface area (Å²) in [5, 5.41) is 3.78. The molecule has 0 saturated heterocycles. The minimum atomic E-state index is -0.328. The number of fused-ring (bicyclic) bond motifs is 1. The van der Waals surface area contributed by atoms with E-state index in [9.17, 15) is 9.18 Å². The number of thiazole rings is 1. The second-order valence-corrected chi connectivity index (χ2v) is 6.50. The molecule has 0 unspecified atom stereocenters. The van der Waals surface area contributed by atoms with Crippen LogP contribution in [0.3, 0.4) is 0 Å². The fourth-order valence-electron chi connectivity index (χ4n) is 2.35. The maximum absolute atomic E-state index is 13.2. The lowest BCUT2D eigenvalue weighted by molar-refractivity contribution is 0.628. The average molecular weight is 328 g/mol. The van der Waals surface area contributed by atoms with Gasteiger partial charge in [0.15, 0.2) is 4.96 Å². The Morgan fingerprint density at radius 1 is 1.05 bits per heavy atom. The second-order valence-electron chi connectivity index (χ2n) is 4.68. The molecule has 0 N–H and O–H groups in total. The van der Waals surface area contributed by atoms with E-state index in [4.69, 9.17) is 0 Å². The van der Waals surface area contributed by atoms with Gasteiger partial charge in [0.05, 0.1) is 16.1 Å². The van der Waals surface area contributed by atoms with Crippen molar-refractivity contribution in [2.45, 2.75) is 0 Å². The van der Waals surface area contributed by atoms with E-state index in [0.717, 1.165) is 4.88 Å². The van der Waals surface area contributed by atoms with Gasteiger partial charge in [0.25, 0.3) is 5.56 Å². The van der Waals surface area contributed by atoms with Crippen molar-refractivity contribution in [3.63, 3.8) is 0 Å². The first-order valence-corrected chi connectivity index (χ1v) is 8.29. The van der Waals surface area contributed by atoms with Gasteiger partial charge < -0.3 is 0 Å². The lowest BCUT2D eigenvalue weighted by atomic mass is 10.0. The van der Waals surface area contributed by atoms with Gasteiger partial charge in [-0.2, -0.15) is 0 Å². The lowest BCUT2D eigenvalue weighted by Gasteiger charge is -2.08. The first-order valence-electron chi connectivity index (χ1n) is 6.54. The quantitative estimate of drug-likeness (QED) is 0.550. The Labute approximate surface area is 133 Å². The summed E-state index contributed by atoms with van der Waals surface area (Å²) in [7, 11) is 0. The lowest BCUT2D eigenvalue weighted by Crippen LogP contribution is -2.16. The van der Waals surface area contributed by atoms with Gasteiger partial charge >= 0.3 is 0 Å². The maximum Gasteiger partial charge on any atom is 0.267 e. The van der Waals surface area contributed by atoms with Crippen LogP contribution in [0.1, 0.15) is 0 Å². The standard InChI is InChI=1S/C16H9FN2OS2/c17-11-5-3-10(4-6-11)13-14(12-2-1-8-21-12)18-16-19(15(13)20)7-9-22-16/h1-9H. The zero-order valence-electron chi connectivity index (χ0n) is 11.2. The monoisotopic (exact) mass is 328 g/mol. The summed E-state index contributed by atoms with van der Waals surface area (Å²) < 4.78 is 14.7. The normalized spacial score (nSPS) is 11.1. The van der Waals surface area contributed by atoms with E-state index in [-0.39, 0.29) is 11.4 Å². The molecule has 22 heavy (non-hydrogen) atoms. The Balaban J connectivity index is 2.10. The largest absolute Gasteiger partial charge is 0.268 e. The summed E-state index contributed by atoms with van der Waals surface area (Å²) in [5.74, 6) is -0.328. The Hall–Kier alpha value is -2.31. The van der Waals surface area contributed by atoms with E-state index in [0.29, 0.717) is 21.8 Å². The highest BCUT2D eigenvalue weighted by Crippen LogP contribution is 2.31. The fourth-order valence-corrected chi connectivity index (χ4v) is 3.77. The number of benzene rings is 1. The van der Waals surface area contributed by atoms with E-state index in [1.807, 2.05) is 22.9 Å². The molecule has 0 saturated carbocycles. The van der Waals surface area contributed by atoms with Gasteiger partial charge in [-0.05, 0) is 29.1 Å². The predicted molar refractivity (Wildman–Crippen MR) is 88.0 cm³/mol. The predicted octanol–water partition coefficient (Wildman–Crippen LogP) is 4.29. The molecular formula is C16H9FN2OS2. The third-order valence-corrected chi connectivity index (χ3v) is 4.99. The Bertz CT molecular complexity index is 1000. The topological polar surface area (TPSA) is 34.4 Å². The van der Waals surface area contributed by atoms with Gasteiger partial charge in [-0.25, -0.2) is 9.37 Å². The van der Waals surface area contributed by atoms with E-state index in [2.05, 4.69) is 4.98 Å². The van der Waals surface area contributed by atoms with E-state index < -0.39 is 0 Å². The highest BCUT2D eigenvalue weighted by molar-refractivity contribution is 7.15. The first kappa shape index (κ1) is 13.4. The van der Waals surface area contributed by atoms with Crippen molar-refractivity contribution < 1.29 is 4.39 Å². The van der Waals surface area contributed by atoms with E-state index in [1.54, 1.807) is 18.3 Å². The van der Waals surface area contributed by atoms with Crippen molar-refractivity contribution in [3.05, 3.63) is 69.5 Å². The van der Waals surface area contributed by atoms with Crippen molar-refractivity contribution in [1.82, 2.24) is 9.38 Å². The molecule has 3 heterocycles. The number of rotatable bonds is 2. The number of nitrogens with zero attached hydrogens (tertiary/aromatic N) is 2. The van der Waals surface area contributed by atoms with Crippen LogP contribution in [0, 0.1) is 5.82 Å². The molecule has 0 spiro atoms. The van der Waals surface area contributed by atoms with Crippen molar-refractivity contribution >= 4 is 27.6 Å². The van der Waals surface area contributed by atoms with Gasteiger partial charge in [0, 0.05) is 11.6 Å². The molecule has 4 aromatic rings. The van der Waals surface area contributed by atoms with Crippen LogP contribution >= 0.6 is 22.7 Å². The Morgan fingerprint density at radius 3 is 2.59 bits per heavy atom. The molecule has 0 aliphatic heterocycles. The molecule has 0 amide bonds. The van der Waals surface area contributed by atoms with Crippen LogP contribution in [-0.4, -0.2) is 9.38 Å². The van der Waals surface area contributed by atoms with Crippen LogP contribution in [0.5, 0.6) is 0 Å². The number of thiophene rings is 1. The van der Waals surface area contributed by atoms with Gasteiger partial charge in [-0.15, -0.1) is 22.7 Å². The van der Waals surface area contributed by atoms with Crippen LogP contribution in [0.25, 0.3) is 26.7 Å². The molecule has 0 aliphatic rings. The summed E-state index contributed by atoms with van der Waals surface area (Å²) in [4.78, 5) is 19.0. The molecule has 0 radical (unpaired) electrons. The molecule has 4 rings (SSSR count). The van der Waals surface area contributed by atoms with Gasteiger partial charge in [-0.1, -0.05) is 18.2 Å². The molecule has 6 heteroatoms. The highest BCUT2D eigenvalue weighted by Gasteiger charge is 2.17. The number of hydrogen-bond acceptors (Lipinski definition) is 4. The van der Waals surface area contributed by atoms with Crippen LogP contribution in [-0.2, 0) is 0 Å². The summed E-state index contributed by atoms with van der Waals surface area (Å²) in [6, 6.07) is 9.80. The van der Waals surface area contributed by atoms with Crippen LogP contribution in [0.2, 0.25) is 0 Å². The summed E-state index contributed by atoms with van der Waals surface area (Å²) in [6.45, 7) is 0. The number of hydrogen-bond donors (Lipinski definition) is 0. The fraction of sp³-hybridized carbons (Fsp3) is 0. The zero-order valence-corrected chi connectivity index (χ0v) is 12.8. The van der Waals surface area contributed by atoms with Crippen LogP contribution in [0.4, 0.5) is 4.39 Å². The average Bonchev–Trinajstić information content (AvgIpc) is 3.19. The van der Waals surface area contributed by atoms with E-state index in [1.165, 1.54) is 39.2 Å². The van der Waals surface area contributed by atoms with Crippen molar-refractivity contribution in [1.29, 1.82) is 0 Å². The molecule has 108 valence electrons. The summed E-state index contributed by atoms with van der Waals surface area (Å²) >= 11 is 2.94. The van der Waals surface area contributed by atoms with Gasteiger partial charge in [-0.3, -0.25) is 9.20 Å². The van der Waals surface area contributed by atoms with E-state index >= 15 is 0 Å². The first-order chi connectivity index (χ1) is 10.7. The highest BCUT2D eigenvalue weighted by atomic mass is 32.1. The third kappa shape index (κ3) is 2.08. The maximum atomic E-state index is 13.2. The smallest absolute Gasteiger partial charge is 0.267 e. The summed E-state index contributed by atoms with van der Waals surface area (Å²) in [6.07, 6.45) is 1.71. The van der Waals surface area contributed by atoms with Crippen molar-refractivity contribution in [2.75, 3.05) is 0 Å². The molecule has 3 nitrogen and oxygen atoms in total. The molecule has 0 atom stereocenters. The number of halogens is 1. The van der Waals surface area contributed by atoms with Crippen molar-refractivity contribution in [2.24, 2.45) is 0 Å². The molecule has 1 aromatic carbocycles. The molecule has 0 bridgehead atoms. The van der Waals surface area contributed by atoms with Gasteiger partial charge in [0.2, 0.25) is 0 Å². The Morgan fingerprint density at radius 2 is 1.86 bits per heavy atom. The van der Waals surface area contributed by atoms with Gasteiger partial charge in [0.1, 0.15) is 5.82 Å². The number of aromatic nitrogens is 2. The minimum Gasteiger partial charge on any atom is -0.268 e. The molecular weight excluding hydrogens is 319 g/mol. The zero-order chi connectivity index (χ0) is 15.1. The Kier molecular flexibility index (Phi) is 3.13.